The van der Waals surface area contributed by atoms with Crippen molar-refractivity contribution in [1.82, 2.24) is 25.1 Å². The van der Waals surface area contributed by atoms with Gasteiger partial charge < -0.3 is 15.5 Å². The van der Waals surface area contributed by atoms with Gasteiger partial charge in [-0.05, 0) is 37.8 Å². The molecule has 8 nitrogen and oxygen atoms in total. The molecule has 29 heavy (non-hydrogen) atoms. The maximum atomic E-state index is 12.7. The maximum Gasteiger partial charge on any atom is 0.269 e. The third-order valence-electron chi connectivity index (χ3n) is 5.38. The predicted octanol–water partition coefficient (Wildman–Crippen LogP) is 2.73. The van der Waals surface area contributed by atoms with E-state index in [-0.39, 0.29) is 17.4 Å². The van der Waals surface area contributed by atoms with Gasteiger partial charge >= 0.3 is 0 Å². The van der Waals surface area contributed by atoms with E-state index in [0.717, 1.165) is 37.2 Å². The summed E-state index contributed by atoms with van der Waals surface area (Å²) in [4.78, 5) is 23.6. The van der Waals surface area contributed by atoms with Crippen LogP contribution in [0.25, 0.3) is 0 Å². The van der Waals surface area contributed by atoms with Gasteiger partial charge in [0.15, 0.2) is 0 Å². The molecule has 1 saturated carbocycles. The zero-order chi connectivity index (χ0) is 21.2. The molecule has 0 spiro atoms. The van der Waals surface area contributed by atoms with Crippen molar-refractivity contribution in [3.63, 3.8) is 0 Å². The van der Waals surface area contributed by atoms with Crippen LogP contribution in [0.2, 0.25) is 0 Å². The first-order chi connectivity index (χ1) is 13.6. The minimum Gasteiger partial charge on any atom is -0.363 e. The van der Waals surface area contributed by atoms with E-state index in [1.807, 2.05) is 38.2 Å². The summed E-state index contributed by atoms with van der Waals surface area (Å²) in [6.45, 7) is 6.30. The third-order valence-corrected chi connectivity index (χ3v) is 5.38. The minimum atomic E-state index is -0.0774. The van der Waals surface area contributed by atoms with Crippen molar-refractivity contribution < 1.29 is 4.79 Å². The smallest absolute Gasteiger partial charge is 0.269 e. The Balaban J connectivity index is 1.53. The zero-order valence-corrected chi connectivity index (χ0v) is 18.4. The molecule has 0 aromatic carbocycles. The van der Waals surface area contributed by atoms with Crippen LogP contribution in [0.4, 0.5) is 11.8 Å². The van der Waals surface area contributed by atoms with E-state index in [2.05, 4.69) is 46.5 Å². The Hall–Kier alpha value is -2.64. The molecule has 1 fully saturated rings. The number of aryl methyl sites for hydroxylation is 1. The largest absolute Gasteiger partial charge is 0.363 e. The minimum absolute atomic E-state index is 0.0473. The molecular weight excluding hydrogens is 366 g/mol. The lowest BCUT2D eigenvalue weighted by atomic mass is 9.91. The van der Waals surface area contributed by atoms with Gasteiger partial charge in [0, 0.05) is 44.8 Å². The number of aromatic nitrogens is 4. The lowest BCUT2D eigenvalue weighted by Gasteiger charge is -2.29. The number of hydrogen-bond acceptors (Lipinski definition) is 6. The lowest BCUT2D eigenvalue weighted by molar-refractivity contribution is 0.0917. The first-order valence-corrected chi connectivity index (χ1v) is 10.3. The lowest BCUT2D eigenvalue weighted by Crippen LogP contribution is -2.40. The molecule has 0 aliphatic heterocycles. The first kappa shape index (κ1) is 21.1. The van der Waals surface area contributed by atoms with Gasteiger partial charge in [0.05, 0.1) is 5.69 Å². The van der Waals surface area contributed by atoms with Crippen molar-refractivity contribution in [2.24, 2.45) is 7.05 Å². The molecule has 0 atom stereocenters. The monoisotopic (exact) mass is 399 g/mol. The van der Waals surface area contributed by atoms with E-state index in [1.165, 1.54) is 0 Å². The van der Waals surface area contributed by atoms with Gasteiger partial charge in [0.25, 0.3) is 5.91 Å². The van der Waals surface area contributed by atoms with Crippen molar-refractivity contribution in [1.29, 1.82) is 0 Å². The van der Waals surface area contributed by atoms with Gasteiger partial charge in [0.1, 0.15) is 11.5 Å². The van der Waals surface area contributed by atoms with Crippen molar-refractivity contribution in [3.05, 3.63) is 29.7 Å². The number of nitrogens with zero attached hydrogens (tertiary/aromatic N) is 5. The molecule has 8 heteroatoms. The molecule has 2 aromatic rings. The van der Waals surface area contributed by atoms with Crippen LogP contribution in [-0.4, -0.2) is 51.8 Å². The summed E-state index contributed by atoms with van der Waals surface area (Å²) in [6, 6.07) is 4.30. The second kappa shape index (κ2) is 8.39. The number of anilines is 2. The molecule has 0 saturated heterocycles. The van der Waals surface area contributed by atoms with Crippen molar-refractivity contribution in [2.45, 2.75) is 64.0 Å². The van der Waals surface area contributed by atoms with E-state index in [4.69, 9.17) is 0 Å². The summed E-state index contributed by atoms with van der Waals surface area (Å²) in [5.74, 6) is 1.50. The molecule has 0 unspecified atom stereocenters. The topological polar surface area (TPSA) is 88.0 Å². The van der Waals surface area contributed by atoms with Crippen LogP contribution in [0.5, 0.6) is 0 Å². The van der Waals surface area contributed by atoms with Crippen molar-refractivity contribution >= 4 is 17.7 Å². The zero-order valence-electron chi connectivity index (χ0n) is 18.4. The molecule has 1 aliphatic carbocycles. The molecule has 2 heterocycles. The van der Waals surface area contributed by atoms with Gasteiger partial charge in [-0.1, -0.05) is 20.8 Å². The van der Waals surface area contributed by atoms with Gasteiger partial charge in [-0.3, -0.25) is 9.48 Å². The van der Waals surface area contributed by atoms with Crippen LogP contribution < -0.4 is 15.5 Å². The number of nitrogens with one attached hydrogen (secondary N) is 2. The second-order valence-corrected chi connectivity index (χ2v) is 9.09. The van der Waals surface area contributed by atoms with Crippen molar-refractivity contribution in [3.8, 4) is 0 Å². The van der Waals surface area contributed by atoms with Gasteiger partial charge in [-0.15, -0.1) is 0 Å². The fourth-order valence-electron chi connectivity index (χ4n) is 3.54. The Labute approximate surface area is 173 Å². The molecule has 1 aliphatic rings. The highest BCUT2D eigenvalue weighted by Gasteiger charge is 2.26. The fourth-order valence-corrected chi connectivity index (χ4v) is 3.54. The molecule has 3 rings (SSSR count). The summed E-state index contributed by atoms with van der Waals surface area (Å²) in [5.41, 5.74) is 1.47. The first-order valence-electron chi connectivity index (χ1n) is 10.3. The Morgan fingerprint density at radius 1 is 1.17 bits per heavy atom. The van der Waals surface area contributed by atoms with Gasteiger partial charge in [0.2, 0.25) is 5.95 Å². The van der Waals surface area contributed by atoms with Crippen LogP contribution in [0.15, 0.2) is 18.3 Å². The molecule has 2 N–H and O–H groups in total. The molecule has 0 radical (unpaired) electrons. The number of amides is 1. The average molecular weight is 400 g/mol. The standard InChI is InChI=1S/C21H33N7O/c1-21(2,3)17-13-16(28(6)26-17)19(29)23-14-7-9-15(10-8-14)24-20-22-12-11-18(25-20)27(4)5/h11-15H,7-10H2,1-6H3,(H,23,29)(H,22,24,25)/t14-,15+. The van der Waals surface area contributed by atoms with E-state index < -0.39 is 0 Å². The van der Waals surface area contributed by atoms with Crippen LogP contribution in [0, 0.1) is 0 Å². The molecule has 0 bridgehead atoms. The second-order valence-electron chi connectivity index (χ2n) is 9.09. The van der Waals surface area contributed by atoms with Crippen LogP contribution in [0.1, 0.15) is 62.6 Å². The highest BCUT2D eigenvalue weighted by molar-refractivity contribution is 5.92. The Kier molecular flexibility index (Phi) is 6.10. The Bertz CT molecular complexity index is 845. The highest BCUT2D eigenvalue weighted by Crippen LogP contribution is 2.24. The van der Waals surface area contributed by atoms with E-state index in [0.29, 0.717) is 17.7 Å². The predicted molar refractivity (Wildman–Crippen MR) is 115 cm³/mol. The van der Waals surface area contributed by atoms with E-state index in [1.54, 1.807) is 10.9 Å². The normalized spacial score (nSPS) is 19.7. The SMILES string of the molecule is CN(C)c1ccnc(N[C@H]2CC[C@@H](NC(=O)c3cc(C(C)(C)C)nn3C)CC2)n1. The molecular formula is C21H33N7O. The summed E-state index contributed by atoms with van der Waals surface area (Å²) in [5, 5.41) is 11.1. The maximum absolute atomic E-state index is 12.7. The Morgan fingerprint density at radius 2 is 1.83 bits per heavy atom. The number of carbonyl (C=O) groups excluding carboxylic acids is 1. The molecule has 1 amide bonds. The quantitative estimate of drug-likeness (QED) is 0.804. The molecule has 2 aromatic heterocycles. The van der Waals surface area contributed by atoms with Crippen LogP contribution in [0.3, 0.4) is 0 Å². The van der Waals surface area contributed by atoms with Crippen molar-refractivity contribution in [2.75, 3.05) is 24.3 Å². The average Bonchev–Trinajstić information content (AvgIpc) is 3.06. The molecule has 158 valence electrons. The summed E-state index contributed by atoms with van der Waals surface area (Å²) in [6.07, 6.45) is 5.58. The van der Waals surface area contributed by atoms with E-state index in [9.17, 15) is 4.79 Å². The number of hydrogen-bond donors (Lipinski definition) is 2. The van der Waals surface area contributed by atoms with Crippen LogP contribution in [-0.2, 0) is 12.5 Å². The van der Waals surface area contributed by atoms with Gasteiger partial charge in [-0.25, -0.2) is 4.98 Å². The Morgan fingerprint density at radius 3 is 2.41 bits per heavy atom. The summed E-state index contributed by atoms with van der Waals surface area (Å²) in [7, 11) is 5.76. The number of rotatable bonds is 5. The van der Waals surface area contributed by atoms with E-state index >= 15 is 0 Å². The van der Waals surface area contributed by atoms with Gasteiger partial charge in [-0.2, -0.15) is 10.1 Å². The number of carbonyl (C=O) groups is 1. The highest BCUT2D eigenvalue weighted by atomic mass is 16.2. The van der Waals surface area contributed by atoms with Crippen LogP contribution >= 0.6 is 0 Å². The summed E-state index contributed by atoms with van der Waals surface area (Å²) < 4.78 is 1.68. The summed E-state index contributed by atoms with van der Waals surface area (Å²) >= 11 is 0. The third kappa shape index (κ3) is 5.25. The fraction of sp³-hybridized carbons (Fsp3) is 0.619.